The summed E-state index contributed by atoms with van der Waals surface area (Å²) in [5.41, 5.74) is 5.79. The number of hydrogen-bond acceptors (Lipinski definition) is 5. The van der Waals surface area contributed by atoms with Gasteiger partial charge in [0.05, 0.1) is 13.0 Å². The second-order valence-electron chi connectivity index (χ2n) is 9.23. The van der Waals surface area contributed by atoms with Crippen molar-refractivity contribution < 1.29 is 14.6 Å². The average Bonchev–Trinajstić information content (AvgIpc) is 3.26. The monoisotopic (exact) mass is 473 g/mol. The molecule has 0 radical (unpaired) electrons. The number of benzene rings is 2. The number of carboxylic acid groups (broad SMARTS) is 1. The van der Waals surface area contributed by atoms with Gasteiger partial charge >= 0.3 is 5.97 Å². The highest BCUT2D eigenvalue weighted by molar-refractivity contribution is 5.68. The van der Waals surface area contributed by atoms with E-state index in [0.717, 1.165) is 72.9 Å². The number of anilines is 1. The number of rotatable bonds is 11. The van der Waals surface area contributed by atoms with Crippen molar-refractivity contribution in [1.82, 2.24) is 9.97 Å². The SMILES string of the molecule is CCc1ccc(-c2ncc(C)c(N(CC)CCCOc3ccc4c(c3)CC[C@H]4CC(=O)O)n2)cc1. The summed E-state index contributed by atoms with van der Waals surface area (Å²) < 4.78 is 6.05. The van der Waals surface area contributed by atoms with E-state index in [4.69, 9.17) is 14.8 Å². The van der Waals surface area contributed by atoms with Crippen LogP contribution in [0.3, 0.4) is 0 Å². The molecule has 1 aromatic heterocycles. The van der Waals surface area contributed by atoms with E-state index < -0.39 is 5.97 Å². The van der Waals surface area contributed by atoms with Crippen molar-refractivity contribution in [3.63, 3.8) is 0 Å². The average molecular weight is 474 g/mol. The van der Waals surface area contributed by atoms with Gasteiger partial charge in [-0.05, 0) is 74.3 Å². The highest BCUT2D eigenvalue weighted by Crippen LogP contribution is 2.37. The van der Waals surface area contributed by atoms with Crippen molar-refractivity contribution in [2.75, 3.05) is 24.6 Å². The van der Waals surface area contributed by atoms with Crippen LogP contribution in [0.15, 0.2) is 48.7 Å². The van der Waals surface area contributed by atoms with Gasteiger partial charge in [-0.1, -0.05) is 37.3 Å². The maximum Gasteiger partial charge on any atom is 0.303 e. The molecule has 4 rings (SSSR count). The number of aliphatic carboxylic acids is 1. The second-order valence-corrected chi connectivity index (χ2v) is 9.23. The van der Waals surface area contributed by atoms with Crippen molar-refractivity contribution >= 4 is 11.8 Å². The molecule has 184 valence electrons. The predicted molar refractivity (Wildman–Crippen MR) is 139 cm³/mol. The van der Waals surface area contributed by atoms with E-state index in [1.807, 2.05) is 18.3 Å². The number of ether oxygens (including phenoxy) is 1. The number of hydrogen-bond donors (Lipinski definition) is 1. The van der Waals surface area contributed by atoms with E-state index in [2.05, 4.69) is 61.0 Å². The fraction of sp³-hybridized carbons (Fsp3) is 0.414. The van der Waals surface area contributed by atoms with Crippen molar-refractivity contribution in [3.8, 4) is 17.1 Å². The Morgan fingerprint density at radius 1 is 1.17 bits per heavy atom. The first-order valence-electron chi connectivity index (χ1n) is 12.6. The summed E-state index contributed by atoms with van der Waals surface area (Å²) in [5, 5.41) is 9.12. The molecule has 0 aliphatic heterocycles. The van der Waals surface area contributed by atoms with Gasteiger partial charge in [-0.15, -0.1) is 0 Å². The molecule has 1 atom stereocenters. The molecular formula is C29H35N3O3. The number of aryl methyl sites for hydroxylation is 3. The van der Waals surface area contributed by atoms with Gasteiger partial charge in [-0.3, -0.25) is 4.79 Å². The lowest BCUT2D eigenvalue weighted by Crippen LogP contribution is -2.27. The van der Waals surface area contributed by atoms with Crippen LogP contribution >= 0.6 is 0 Å². The Labute approximate surface area is 208 Å². The Balaban J connectivity index is 1.35. The fourth-order valence-electron chi connectivity index (χ4n) is 4.84. The van der Waals surface area contributed by atoms with Crippen LogP contribution in [0.1, 0.15) is 61.3 Å². The molecule has 0 unspecified atom stereocenters. The van der Waals surface area contributed by atoms with Gasteiger partial charge in [0.2, 0.25) is 0 Å². The predicted octanol–water partition coefficient (Wildman–Crippen LogP) is 5.81. The fourth-order valence-corrected chi connectivity index (χ4v) is 4.84. The minimum absolute atomic E-state index is 0.125. The largest absolute Gasteiger partial charge is 0.494 e. The molecule has 0 spiro atoms. The highest BCUT2D eigenvalue weighted by Gasteiger charge is 2.24. The molecule has 0 bridgehead atoms. The zero-order chi connectivity index (χ0) is 24.8. The summed E-state index contributed by atoms with van der Waals surface area (Å²) in [6, 6.07) is 14.6. The third kappa shape index (κ3) is 5.99. The molecule has 1 N–H and O–H groups in total. The smallest absolute Gasteiger partial charge is 0.303 e. The van der Waals surface area contributed by atoms with Gasteiger partial charge in [0, 0.05) is 30.4 Å². The van der Waals surface area contributed by atoms with Gasteiger partial charge in [0.15, 0.2) is 5.82 Å². The lowest BCUT2D eigenvalue weighted by Gasteiger charge is -2.24. The molecule has 6 heteroatoms. The van der Waals surface area contributed by atoms with Crippen LogP contribution < -0.4 is 9.64 Å². The van der Waals surface area contributed by atoms with Crippen LogP contribution in [-0.2, 0) is 17.6 Å². The number of carboxylic acids is 1. The molecule has 35 heavy (non-hydrogen) atoms. The third-order valence-corrected chi connectivity index (χ3v) is 6.83. The van der Waals surface area contributed by atoms with Crippen molar-refractivity contribution in [1.29, 1.82) is 0 Å². The minimum atomic E-state index is -0.732. The van der Waals surface area contributed by atoms with Crippen LogP contribution in [0.4, 0.5) is 5.82 Å². The molecule has 0 fully saturated rings. The van der Waals surface area contributed by atoms with Crippen LogP contribution in [0.25, 0.3) is 11.4 Å². The first kappa shape index (κ1) is 24.7. The van der Waals surface area contributed by atoms with Gasteiger partial charge in [0.1, 0.15) is 11.6 Å². The molecule has 3 aromatic rings. The third-order valence-electron chi connectivity index (χ3n) is 6.83. The van der Waals surface area contributed by atoms with E-state index in [1.54, 1.807) is 0 Å². The van der Waals surface area contributed by atoms with Crippen molar-refractivity contribution in [2.24, 2.45) is 0 Å². The van der Waals surface area contributed by atoms with E-state index in [9.17, 15) is 4.79 Å². The molecule has 1 heterocycles. The quantitative estimate of drug-likeness (QED) is 0.354. The first-order valence-corrected chi connectivity index (χ1v) is 12.6. The Morgan fingerprint density at radius 2 is 1.97 bits per heavy atom. The van der Waals surface area contributed by atoms with Crippen molar-refractivity contribution in [2.45, 2.75) is 58.8 Å². The minimum Gasteiger partial charge on any atom is -0.494 e. The molecule has 1 aliphatic carbocycles. The van der Waals surface area contributed by atoms with Crippen LogP contribution in [0, 0.1) is 6.92 Å². The Hall–Kier alpha value is -3.41. The first-order chi connectivity index (χ1) is 17.0. The topological polar surface area (TPSA) is 75.6 Å². The van der Waals surface area contributed by atoms with Crippen LogP contribution in [-0.4, -0.2) is 40.7 Å². The lowest BCUT2D eigenvalue weighted by atomic mass is 9.98. The maximum absolute atomic E-state index is 11.1. The standard InChI is InChI=1S/C29H35N3O3/c1-4-21-7-9-22(10-8-21)28-30-19-20(3)29(31-28)32(5-2)15-6-16-35-25-13-14-26-23(17-25)11-12-24(26)18-27(33)34/h7-10,13-14,17,19,24H,4-6,11-12,15-16,18H2,1-3H3,(H,33,34)/t24-/m0/s1. The Kier molecular flexibility index (Phi) is 8.01. The number of fused-ring (bicyclic) bond motifs is 1. The van der Waals surface area contributed by atoms with Crippen molar-refractivity contribution in [3.05, 3.63) is 70.9 Å². The Bertz CT molecular complexity index is 1160. The van der Waals surface area contributed by atoms with Gasteiger partial charge in [-0.2, -0.15) is 0 Å². The zero-order valence-electron chi connectivity index (χ0n) is 21.0. The molecule has 0 amide bonds. The van der Waals surface area contributed by atoms with Crippen LogP contribution in [0.2, 0.25) is 0 Å². The molecule has 6 nitrogen and oxygen atoms in total. The van der Waals surface area contributed by atoms with Gasteiger partial charge in [-0.25, -0.2) is 9.97 Å². The van der Waals surface area contributed by atoms with Gasteiger partial charge in [0.25, 0.3) is 0 Å². The summed E-state index contributed by atoms with van der Waals surface area (Å²) in [4.78, 5) is 22.8. The highest BCUT2D eigenvalue weighted by atomic mass is 16.5. The summed E-state index contributed by atoms with van der Waals surface area (Å²) in [6.45, 7) is 8.67. The van der Waals surface area contributed by atoms with Gasteiger partial charge < -0.3 is 14.7 Å². The van der Waals surface area contributed by atoms with E-state index >= 15 is 0 Å². The molecule has 0 saturated heterocycles. The number of aromatic nitrogens is 2. The molecular weight excluding hydrogens is 438 g/mol. The second kappa shape index (κ2) is 11.3. The molecule has 0 saturated carbocycles. The number of carbonyl (C=O) groups is 1. The normalized spacial score (nSPS) is 14.5. The lowest BCUT2D eigenvalue weighted by molar-refractivity contribution is -0.137. The Morgan fingerprint density at radius 3 is 2.69 bits per heavy atom. The van der Waals surface area contributed by atoms with E-state index in [1.165, 1.54) is 11.1 Å². The van der Waals surface area contributed by atoms with Crippen LogP contribution in [0.5, 0.6) is 5.75 Å². The molecule has 1 aliphatic rings. The summed E-state index contributed by atoms with van der Waals surface area (Å²) in [6.07, 6.45) is 5.82. The summed E-state index contributed by atoms with van der Waals surface area (Å²) in [5.74, 6) is 1.98. The van der Waals surface area contributed by atoms with E-state index in [0.29, 0.717) is 6.61 Å². The summed E-state index contributed by atoms with van der Waals surface area (Å²) >= 11 is 0. The number of nitrogens with zero attached hydrogens (tertiary/aromatic N) is 3. The van der Waals surface area contributed by atoms with E-state index in [-0.39, 0.29) is 12.3 Å². The molecule has 2 aromatic carbocycles. The maximum atomic E-state index is 11.1. The summed E-state index contributed by atoms with van der Waals surface area (Å²) in [7, 11) is 0. The zero-order valence-corrected chi connectivity index (χ0v) is 21.0.